The van der Waals surface area contributed by atoms with Crippen LogP contribution in [0.5, 0.6) is 0 Å². The first-order chi connectivity index (χ1) is 10.1. The average Bonchev–Trinajstić information content (AvgIpc) is 2.53. The predicted octanol–water partition coefficient (Wildman–Crippen LogP) is 0.901. The van der Waals surface area contributed by atoms with Crippen LogP contribution in [0.3, 0.4) is 0 Å². The molecule has 5 nitrogen and oxygen atoms in total. The van der Waals surface area contributed by atoms with Crippen LogP contribution in [0.1, 0.15) is 5.56 Å². The van der Waals surface area contributed by atoms with E-state index >= 15 is 0 Å². The van der Waals surface area contributed by atoms with Crippen LogP contribution in [-0.2, 0) is 9.59 Å². The van der Waals surface area contributed by atoms with Crippen molar-refractivity contribution in [2.45, 2.75) is 0 Å². The van der Waals surface area contributed by atoms with Gasteiger partial charge in [0, 0.05) is 37.3 Å². The lowest BCUT2D eigenvalue weighted by molar-refractivity contribution is -0.132. The maximum absolute atomic E-state index is 11.9. The monoisotopic (exact) mass is 307 g/mol. The van der Waals surface area contributed by atoms with Crippen molar-refractivity contribution in [2.75, 3.05) is 32.7 Å². The number of hydrogen-bond donors (Lipinski definition) is 2. The van der Waals surface area contributed by atoms with Crippen molar-refractivity contribution in [3.8, 4) is 0 Å². The highest BCUT2D eigenvalue weighted by Crippen LogP contribution is 2.10. The van der Waals surface area contributed by atoms with Gasteiger partial charge in [-0.05, 0) is 23.8 Å². The molecule has 1 aliphatic rings. The molecule has 1 fully saturated rings. The van der Waals surface area contributed by atoms with Gasteiger partial charge >= 0.3 is 0 Å². The largest absolute Gasteiger partial charge is 0.343 e. The molecule has 6 heteroatoms. The van der Waals surface area contributed by atoms with Crippen molar-refractivity contribution >= 4 is 29.5 Å². The lowest BCUT2D eigenvalue weighted by Crippen LogP contribution is -2.49. The third kappa shape index (κ3) is 5.21. The number of halogens is 1. The minimum Gasteiger partial charge on any atom is -0.343 e. The second-order valence-corrected chi connectivity index (χ2v) is 5.17. The molecule has 1 saturated heterocycles. The molecule has 0 radical (unpaired) electrons. The number of hydrogen-bond acceptors (Lipinski definition) is 3. The van der Waals surface area contributed by atoms with E-state index in [9.17, 15) is 9.59 Å². The summed E-state index contributed by atoms with van der Waals surface area (Å²) in [6.07, 6.45) is 3.09. The highest BCUT2D eigenvalue weighted by atomic mass is 35.5. The van der Waals surface area contributed by atoms with E-state index in [-0.39, 0.29) is 18.4 Å². The number of carbonyl (C=O) groups is 2. The van der Waals surface area contributed by atoms with Crippen LogP contribution in [0.2, 0.25) is 5.02 Å². The van der Waals surface area contributed by atoms with E-state index in [1.165, 1.54) is 6.08 Å². The van der Waals surface area contributed by atoms with Gasteiger partial charge in [0.05, 0.1) is 6.54 Å². The fourth-order valence-electron chi connectivity index (χ4n) is 1.99. The van der Waals surface area contributed by atoms with Gasteiger partial charge in [-0.15, -0.1) is 0 Å². The molecule has 0 bridgehead atoms. The van der Waals surface area contributed by atoms with Crippen LogP contribution >= 0.6 is 11.6 Å². The first-order valence-corrected chi connectivity index (χ1v) is 7.23. The Hall–Kier alpha value is -1.85. The Morgan fingerprint density at radius 2 is 1.90 bits per heavy atom. The standard InChI is InChI=1S/C15H18ClN3O2/c16-13-4-1-12(2-5-13)3-6-14(20)18-11-15(21)19-9-7-17-8-10-19/h1-6,17H,7-11H2,(H,18,20)/b6-3+. The van der Waals surface area contributed by atoms with Crippen molar-refractivity contribution in [3.05, 3.63) is 40.9 Å². The van der Waals surface area contributed by atoms with Gasteiger partial charge in [0.2, 0.25) is 11.8 Å². The summed E-state index contributed by atoms with van der Waals surface area (Å²) in [5.41, 5.74) is 0.878. The van der Waals surface area contributed by atoms with Crippen LogP contribution < -0.4 is 10.6 Å². The zero-order valence-electron chi connectivity index (χ0n) is 11.6. The number of nitrogens with one attached hydrogen (secondary N) is 2. The number of piperazine rings is 1. The highest BCUT2D eigenvalue weighted by Gasteiger charge is 2.15. The Kier molecular flexibility index (Phi) is 5.78. The fourth-order valence-corrected chi connectivity index (χ4v) is 2.12. The average molecular weight is 308 g/mol. The maximum Gasteiger partial charge on any atom is 0.244 e. The lowest BCUT2D eigenvalue weighted by atomic mass is 10.2. The van der Waals surface area contributed by atoms with Gasteiger partial charge in [-0.25, -0.2) is 0 Å². The van der Waals surface area contributed by atoms with Crippen molar-refractivity contribution in [3.63, 3.8) is 0 Å². The maximum atomic E-state index is 11.9. The van der Waals surface area contributed by atoms with E-state index in [2.05, 4.69) is 10.6 Å². The number of rotatable bonds is 4. The van der Waals surface area contributed by atoms with Crippen LogP contribution in [0.4, 0.5) is 0 Å². The molecule has 21 heavy (non-hydrogen) atoms. The van der Waals surface area contributed by atoms with Crippen molar-refractivity contribution in [2.24, 2.45) is 0 Å². The molecule has 2 N–H and O–H groups in total. The second-order valence-electron chi connectivity index (χ2n) is 4.73. The molecule has 0 unspecified atom stereocenters. The molecule has 0 aliphatic carbocycles. The third-order valence-electron chi connectivity index (χ3n) is 3.18. The summed E-state index contributed by atoms with van der Waals surface area (Å²) in [5.74, 6) is -0.335. The van der Waals surface area contributed by atoms with Gasteiger partial charge < -0.3 is 15.5 Å². The molecule has 0 saturated carbocycles. The summed E-state index contributed by atoms with van der Waals surface area (Å²) in [6, 6.07) is 7.15. The first-order valence-electron chi connectivity index (χ1n) is 6.85. The van der Waals surface area contributed by atoms with Crippen molar-refractivity contribution in [1.29, 1.82) is 0 Å². The Morgan fingerprint density at radius 3 is 2.57 bits per heavy atom. The van der Waals surface area contributed by atoms with Crippen LogP contribution in [-0.4, -0.2) is 49.4 Å². The summed E-state index contributed by atoms with van der Waals surface area (Å²) in [7, 11) is 0. The summed E-state index contributed by atoms with van der Waals surface area (Å²) < 4.78 is 0. The summed E-state index contributed by atoms with van der Waals surface area (Å²) in [4.78, 5) is 25.3. The van der Waals surface area contributed by atoms with Gasteiger partial charge in [0.1, 0.15) is 0 Å². The summed E-state index contributed by atoms with van der Waals surface area (Å²) >= 11 is 5.78. The van der Waals surface area contributed by atoms with E-state index < -0.39 is 0 Å². The topological polar surface area (TPSA) is 61.4 Å². The van der Waals surface area contributed by atoms with E-state index in [1.54, 1.807) is 23.1 Å². The predicted molar refractivity (Wildman–Crippen MR) is 82.9 cm³/mol. The van der Waals surface area contributed by atoms with E-state index in [1.807, 2.05) is 12.1 Å². The van der Waals surface area contributed by atoms with E-state index in [0.29, 0.717) is 18.1 Å². The van der Waals surface area contributed by atoms with Crippen molar-refractivity contribution in [1.82, 2.24) is 15.5 Å². The molecule has 0 spiro atoms. The highest BCUT2D eigenvalue weighted by molar-refractivity contribution is 6.30. The number of nitrogens with zero attached hydrogens (tertiary/aromatic N) is 1. The first kappa shape index (κ1) is 15.5. The van der Waals surface area contributed by atoms with Crippen molar-refractivity contribution < 1.29 is 9.59 Å². The minimum atomic E-state index is -0.284. The third-order valence-corrected chi connectivity index (χ3v) is 3.43. The number of benzene rings is 1. The molecule has 0 aromatic heterocycles. The molecule has 0 atom stereocenters. The van der Waals surface area contributed by atoms with E-state index in [4.69, 9.17) is 11.6 Å². The Labute approximate surface area is 129 Å². The van der Waals surface area contributed by atoms with Gasteiger partial charge in [-0.3, -0.25) is 9.59 Å². The number of amides is 2. The molecule has 1 aliphatic heterocycles. The zero-order valence-corrected chi connectivity index (χ0v) is 12.4. The van der Waals surface area contributed by atoms with Gasteiger partial charge in [0.15, 0.2) is 0 Å². The molecule has 1 aromatic rings. The zero-order chi connectivity index (χ0) is 15.1. The molecule has 2 amide bonds. The Morgan fingerprint density at radius 1 is 1.24 bits per heavy atom. The van der Waals surface area contributed by atoms with Crippen LogP contribution in [0.25, 0.3) is 6.08 Å². The van der Waals surface area contributed by atoms with Crippen LogP contribution in [0, 0.1) is 0 Å². The smallest absolute Gasteiger partial charge is 0.244 e. The summed E-state index contributed by atoms with van der Waals surface area (Å²) in [5, 5.41) is 6.42. The lowest BCUT2D eigenvalue weighted by Gasteiger charge is -2.27. The molecule has 2 rings (SSSR count). The Bertz CT molecular complexity index is 522. The minimum absolute atomic E-state index is 0.0315. The quantitative estimate of drug-likeness (QED) is 0.813. The SMILES string of the molecule is O=C(/C=C/c1ccc(Cl)cc1)NCC(=O)N1CCNCC1. The fraction of sp³-hybridized carbons (Fsp3) is 0.333. The van der Waals surface area contributed by atoms with Gasteiger partial charge in [-0.2, -0.15) is 0 Å². The molecular weight excluding hydrogens is 290 g/mol. The van der Waals surface area contributed by atoms with E-state index in [0.717, 1.165) is 18.7 Å². The van der Waals surface area contributed by atoms with Crippen LogP contribution in [0.15, 0.2) is 30.3 Å². The molecule has 1 heterocycles. The van der Waals surface area contributed by atoms with Gasteiger partial charge in [0.25, 0.3) is 0 Å². The summed E-state index contributed by atoms with van der Waals surface area (Å²) in [6.45, 7) is 3.01. The molecule has 1 aromatic carbocycles. The number of carbonyl (C=O) groups excluding carboxylic acids is 2. The molecule has 112 valence electrons. The Balaban J connectivity index is 1.76. The normalized spacial score (nSPS) is 15.2. The second kappa shape index (κ2) is 7.81. The molecular formula is C15H18ClN3O2. The van der Waals surface area contributed by atoms with Gasteiger partial charge in [-0.1, -0.05) is 23.7 Å².